The molecule has 2 aromatic rings. The Kier molecular flexibility index (Phi) is 3.63. The molecular formula is C20H23NO. The lowest BCUT2D eigenvalue weighted by molar-refractivity contribution is 0.0854. The van der Waals surface area contributed by atoms with Crippen molar-refractivity contribution in [3.8, 4) is 0 Å². The van der Waals surface area contributed by atoms with Crippen molar-refractivity contribution in [2.24, 2.45) is 0 Å². The maximum atomic E-state index is 6.08. The molecule has 0 amide bonds. The van der Waals surface area contributed by atoms with Crippen molar-refractivity contribution in [2.45, 2.75) is 38.3 Å². The summed E-state index contributed by atoms with van der Waals surface area (Å²) in [6, 6.07) is 18.2. The molecule has 2 aliphatic rings. The van der Waals surface area contributed by atoms with E-state index in [-0.39, 0.29) is 0 Å². The summed E-state index contributed by atoms with van der Waals surface area (Å²) >= 11 is 0. The fourth-order valence-corrected chi connectivity index (χ4v) is 3.88. The van der Waals surface area contributed by atoms with Gasteiger partial charge in [0.05, 0.1) is 12.1 Å². The van der Waals surface area contributed by atoms with Gasteiger partial charge in [-0.05, 0) is 49.4 Å². The lowest BCUT2D eigenvalue weighted by atomic mass is 9.88. The summed E-state index contributed by atoms with van der Waals surface area (Å²) in [4.78, 5) is 2.55. The van der Waals surface area contributed by atoms with E-state index < -0.39 is 0 Å². The predicted octanol–water partition coefficient (Wildman–Crippen LogP) is 4.28. The fraction of sp³-hybridized carbons (Fsp3) is 0.400. The Hall–Kier alpha value is -1.80. The number of hydrogen-bond acceptors (Lipinski definition) is 2. The van der Waals surface area contributed by atoms with Gasteiger partial charge < -0.3 is 9.64 Å². The van der Waals surface area contributed by atoms with Gasteiger partial charge in [0, 0.05) is 18.8 Å². The maximum Gasteiger partial charge on any atom is 0.0821 e. The first-order chi connectivity index (χ1) is 10.8. The van der Waals surface area contributed by atoms with E-state index in [4.69, 9.17) is 4.74 Å². The molecule has 2 atom stereocenters. The van der Waals surface area contributed by atoms with Crippen molar-refractivity contribution in [1.82, 2.24) is 0 Å². The molecule has 0 saturated carbocycles. The van der Waals surface area contributed by atoms with Crippen molar-refractivity contribution >= 4 is 5.69 Å². The van der Waals surface area contributed by atoms with Crippen LogP contribution in [0.25, 0.3) is 0 Å². The van der Waals surface area contributed by atoms with Gasteiger partial charge in [0.2, 0.25) is 0 Å². The van der Waals surface area contributed by atoms with Gasteiger partial charge in [-0.15, -0.1) is 0 Å². The smallest absolute Gasteiger partial charge is 0.0821 e. The molecule has 0 bridgehead atoms. The molecule has 2 heteroatoms. The second-order valence-electron chi connectivity index (χ2n) is 6.47. The van der Waals surface area contributed by atoms with Crippen molar-refractivity contribution in [2.75, 3.05) is 18.1 Å². The summed E-state index contributed by atoms with van der Waals surface area (Å²) in [6.45, 7) is 4.13. The lowest BCUT2D eigenvalue weighted by Gasteiger charge is -2.41. The Labute approximate surface area is 132 Å². The first kappa shape index (κ1) is 13.8. The number of fused-ring (bicyclic) bond motifs is 1. The molecule has 0 aliphatic carbocycles. The third-order valence-corrected chi connectivity index (χ3v) is 5.01. The minimum atomic E-state index is 0.322. The molecule has 0 spiro atoms. The summed E-state index contributed by atoms with van der Waals surface area (Å²) in [7, 11) is 0. The zero-order chi connectivity index (χ0) is 14.9. The molecule has 4 rings (SSSR count). The van der Waals surface area contributed by atoms with E-state index in [9.17, 15) is 0 Å². The zero-order valence-corrected chi connectivity index (χ0v) is 13.2. The molecule has 0 aromatic heterocycles. The molecule has 0 N–H and O–H groups in total. The largest absolute Gasteiger partial charge is 0.376 e. The molecule has 1 unspecified atom stereocenters. The van der Waals surface area contributed by atoms with Gasteiger partial charge in [-0.1, -0.05) is 42.0 Å². The van der Waals surface area contributed by atoms with E-state index in [1.165, 1.54) is 35.2 Å². The Balaban J connectivity index is 1.75. The summed E-state index contributed by atoms with van der Waals surface area (Å²) in [6.07, 6.45) is 3.79. The summed E-state index contributed by atoms with van der Waals surface area (Å²) in [5.74, 6) is 0. The lowest BCUT2D eigenvalue weighted by Crippen LogP contribution is -2.41. The van der Waals surface area contributed by atoms with Crippen LogP contribution >= 0.6 is 0 Å². The summed E-state index contributed by atoms with van der Waals surface area (Å²) < 4.78 is 6.08. The standard InChI is InChI=1S/C20H23NO/c1-15-8-10-17(11-9-15)21-13-12-16-5-2-3-6-18(16)20(21)19-7-4-14-22-19/h2-3,5-6,8-11,19-20H,4,7,12-14H2,1H3/t19?,20-/m1/s1. The predicted molar refractivity (Wildman–Crippen MR) is 90.4 cm³/mol. The highest BCUT2D eigenvalue weighted by molar-refractivity contribution is 5.53. The Morgan fingerprint density at radius 3 is 2.64 bits per heavy atom. The van der Waals surface area contributed by atoms with Gasteiger partial charge in [-0.2, -0.15) is 0 Å². The van der Waals surface area contributed by atoms with Crippen molar-refractivity contribution in [3.05, 3.63) is 65.2 Å². The van der Waals surface area contributed by atoms with Gasteiger partial charge in [-0.3, -0.25) is 0 Å². The van der Waals surface area contributed by atoms with E-state index in [1.54, 1.807) is 0 Å². The van der Waals surface area contributed by atoms with Gasteiger partial charge in [0.15, 0.2) is 0 Å². The van der Waals surface area contributed by atoms with Crippen LogP contribution in [0, 0.1) is 6.92 Å². The highest BCUT2D eigenvalue weighted by Gasteiger charge is 2.36. The van der Waals surface area contributed by atoms with Crippen LogP contribution in [0.3, 0.4) is 0 Å². The number of hydrogen-bond donors (Lipinski definition) is 0. The normalized spacial score (nSPS) is 24.3. The SMILES string of the molecule is Cc1ccc(N2CCc3ccccc3[C@@H]2C2CCCO2)cc1. The molecule has 2 aliphatic heterocycles. The third kappa shape index (κ3) is 2.42. The molecule has 1 saturated heterocycles. The van der Waals surface area contributed by atoms with Gasteiger partial charge >= 0.3 is 0 Å². The highest BCUT2D eigenvalue weighted by Crippen LogP contribution is 2.39. The van der Waals surface area contributed by atoms with Crippen LogP contribution in [0.5, 0.6) is 0 Å². The van der Waals surface area contributed by atoms with Crippen LogP contribution in [0.4, 0.5) is 5.69 Å². The van der Waals surface area contributed by atoms with Crippen LogP contribution in [0.1, 0.15) is 35.6 Å². The second-order valence-corrected chi connectivity index (χ2v) is 6.47. The van der Waals surface area contributed by atoms with E-state index in [0.717, 1.165) is 19.6 Å². The van der Waals surface area contributed by atoms with Crippen molar-refractivity contribution in [1.29, 1.82) is 0 Å². The number of aryl methyl sites for hydroxylation is 1. The Morgan fingerprint density at radius 1 is 1.05 bits per heavy atom. The van der Waals surface area contributed by atoms with E-state index >= 15 is 0 Å². The molecule has 22 heavy (non-hydrogen) atoms. The first-order valence-corrected chi connectivity index (χ1v) is 8.35. The molecule has 1 fully saturated rings. The maximum absolute atomic E-state index is 6.08. The Morgan fingerprint density at radius 2 is 1.86 bits per heavy atom. The number of anilines is 1. The number of rotatable bonds is 2. The zero-order valence-electron chi connectivity index (χ0n) is 13.2. The minimum Gasteiger partial charge on any atom is -0.376 e. The van der Waals surface area contributed by atoms with Crippen LogP contribution < -0.4 is 4.90 Å². The second kappa shape index (κ2) is 5.77. The average Bonchev–Trinajstić information content (AvgIpc) is 3.09. The van der Waals surface area contributed by atoms with Crippen molar-refractivity contribution < 1.29 is 4.74 Å². The van der Waals surface area contributed by atoms with Crippen LogP contribution in [0.2, 0.25) is 0 Å². The van der Waals surface area contributed by atoms with E-state index in [0.29, 0.717) is 12.1 Å². The van der Waals surface area contributed by atoms with Crippen LogP contribution in [0.15, 0.2) is 48.5 Å². The fourth-order valence-electron chi connectivity index (χ4n) is 3.88. The average molecular weight is 293 g/mol. The van der Waals surface area contributed by atoms with Gasteiger partial charge in [0.1, 0.15) is 0 Å². The quantitative estimate of drug-likeness (QED) is 0.819. The topological polar surface area (TPSA) is 12.5 Å². The monoisotopic (exact) mass is 293 g/mol. The van der Waals surface area contributed by atoms with Gasteiger partial charge in [0.25, 0.3) is 0 Å². The number of benzene rings is 2. The first-order valence-electron chi connectivity index (χ1n) is 8.35. The summed E-state index contributed by atoms with van der Waals surface area (Å²) in [5, 5.41) is 0. The highest BCUT2D eigenvalue weighted by atomic mass is 16.5. The Bertz CT molecular complexity index is 643. The molecule has 0 radical (unpaired) electrons. The van der Waals surface area contributed by atoms with Crippen molar-refractivity contribution in [3.63, 3.8) is 0 Å². The molecule has 2 heterocycles. The summed E-state index contributed by atoms with van der Waals surface area (Å²) in [5.41, 5.74) is 5.59. The molecule has 2 aromatic carbocycles. The van der Waals surface area contributed by atoms with Gasteiger partial charge in [-0.25, -0.2) is 0 Å². The van der Waals surface area contributed by atoms with Crippen LogP contribution in [-0.2, 0) is 11.2 Å². The minimum absolute atomic E-state index is 0.322. The number of nitrogens with zero attached hydrogens (tertiary/aromatic N) is 1. The van der Waals surface area contributed by atoms with Crippen LogP contribution in [-0.4, -0.2) is 19.3 Å². The third-order valence-electron chi connectivity index (χ3n) is 5.01. The van der Waals surface area contributed by atoms with E-state index in [1.807, 2.05) is 0 Å². The van der Waals surface area contributed by atoms with E-state index in [2.05, 4.69) is 60.4 Å². The number of ether oxygens (including phenoxy) is 1. The molecule has 2 nitrogen and oxygen atoms in total. The molecular weight excluding hydrogens is 270 g/mol. The molecule has 114 valence electrons.